The van der Waals surface area contributed by atoms with Crippen LogP contribution in [0.15, 0.2) is 70.1 Å². The highest BCUT2D eigenvalue weighted by Gasteiger charge is 2.11. The van der Waals surface area contributed by atoms with Crippen molar-refractivity contribution in [1.82, 2.24) is 0 Å². The molecule has 0 N–H and O–H groups in total. The number of aliphatic imine (C=N–C) groups is 1. The Balaban J connectivity index is 1.89. The van der Waals surface area contributed by atoms with Gasteiger partial charge < -0.3 is 9.15 Å². The Labute approximate surface area is 134 Å². The Kier molecular flexibility index (Phi) is 4.21. The highest BCUT2D eigenvalue weighted by molar-refractivity contribution is 5.82. The lowest BCUT2D eigenvalue weighted by atomic mass is 10.1. The summed E-state index contributed by atoms with van der Waals surface area (Å²) in [6, 6.07) is 20.9. The Hall–Kier alpha value is -3.32. The van der Waals surface area contributed by atoms with E-state index in [0.29, 0.717) is 17.2 Å². The lowest BCUT2D eigenvalue weighted by molar-refractivity contribution is 0.415. The van der Waals surface area contributed by atoms with Crippen molar-refractivity contribution < 1.29 is 9.15 Å². The minimum Gasteiger partial charge on any atom is -0.497 e. The molecule has 1 heterocycles. The summed E-state index contributed by atoms with van der Waals surface area (Å²) in [5.41, 5.74) is 2.22. The van der Waals surface area contributed by atoms with Crippen molar-refractivity contribution in [3.63, 3.8) is 0 Å². The first-order chi connectivity index (χ1) is 11.3. The van der Waals surface area contributed by atoms with Gasteiger partial charge in [-0.25, -0.2) is 4.99 Å². The number of furan rings is 1. The fraction of sp³-hybridized carbons (Fsp3) is 0.0526. The average Bonchev–Trinajstić information content (AvgIpc) is 3.04. The summed E-state index contributed by atoms with van der Waals surface area (Å²) in [6.45, 7) is 0. The second-order valence-corrected chi connectivity index (χ2v) is 4.84. The van der Waals surface area contributed by atoms with Crippen LogP contribution in [0.1, 0.15) is 11.1 Å². The van der Waals surface area contributed by atoms with Crippen molar-refractivity contribution in [2.24, 2.45) is 4.99 Å². The van der Waals surface area contributed by atoms with Crippen LogP contribution in [0.3, 0.4) is 0 Å². The van der Waals surface area contributed by atoms with E-state index in [1.165, 1.54) is 0 Å². The van der Waals surface area contributed by atoms with Gasteiger partial charge in [0.05, 0.1) is 7.11 Å². The van der Waals surface area contributed by atoms with E-state index in [-0.39, 0.29) is 0 Å². The molecular weight excluding hydrogens is 288 g/mol. The minimum absolute atomic E-state index is 0.308. The third kappa shape index (κ3) is 3.30. The van der Waals surface area contributed by atoms with Gasteiger partial charge >= 0.3 is 0 Å². The second-order valence-electron chi connectivity index (χ2n) is 4.84. The molecule has 3 aromatic rings. The Morgan fingerprint density at radius 2 is 1.83 bits per heavy atom. The third-order valence-corrected chi connectivity index (χ3v) is 3.34. The normalized spacial score (nSPS) is 10.6. The van der Waals surface area contributed by atoms with Crippen LogP contribution in [0.5, 0.6) is 5.75 Å². The van der Waals surface area contributed by atoms with Crippen molar-refractivity contribution in [2.75, 3.05) is 7.11 Å². The van der Waals surface area contributed by atoms with Crippen LogP contribution in [0.25, 0.3) is 11.3 Å². The largest absolute Gasteiger partial charge is 0.497 e. The van der Waals surface area contributed by atoms with Gasteiger partial charge in [0, 0.05) is 17.8 Å². The summed E-state index contributed by atoms with van der Waals surface area (Å²) in [7, 11) is 1.62. The first-order valence-electron chi connectivity index (χ1n) is 7.07. The van der Waals surface area contributed by atoms with E-state index in [1.807, 2.05) is 54.6 Å². The zero-order valence-corrected chi connectivity index (χ0v) is 12.6. The lowest BCUT2D eigenvalue weighted by Crippen LogP contribution is -1.84. The van der Waals surface area contributed by atoms with Crippen molar-refractivity contribution in [3.05, 3.63) is 71.8 Å². The molecule has 0 amide bonds. The van der Waals surface area contributed by atoms with Crippen molar-refractivity contribution in [2.45, 2.75) is 0 Å². The number of nitrogens with zero attached hydrogens (tertiary/aromatic N) is 2. The van der Waals surface area contributed by atoms with Gasteiger partial charge in [0.15, 0.2) is 0 Å². The predicted molar refractivity (Wildman–Crippen MR) is 89.1 cm³/mol. The van der Waals surface area contributed by atoms with Gasteiger partial charge in [0.1, 0.15) is 23.1 Å². The van der Waals surface area contributed by atoms with Crippen LogP contribution >= 0.6 is 0 Å². The fourth-order valence-electron chi connectivity index (χ4n) is 2.13. The molecule has 0 radical (unpaired) electrons. The maximum Gasteiger partial charge on any atom is 0.237 e. The molecule has 0 fully saturated rings. The van der Waals surface area contributed by atoms with Crippen molar-refractivity contribution in [1.29, 1.82) is 5.26 Å². The molecule has 0 aliphatic heterocycles. The van der Waals surface area contributed by atoms with Crippen LogP contribution in [0.4, 0.5) is 5.88 Å². The van der Waals surface area contributed by atoms with Gasteiger partial charge in [0.25, 0.3) is 0 Å². The van der Waals surface area contributed by atoms with Crippen molar-refractivity contribution >= 4 is 12.1 Å². The molecule has 2 aromatic carbocycles. The van der Waals surface area contributed by atoms with Gasteiger partial charge in [-0.1, -0.05) is 30.3 Å². The summed E-state index contributed by atoms with van der Waals surface area (Å²) in [5, 5.41) is 9.24. The van der Waals surface area contributed by atoms with Gasteiger partial charge in [-0.15, -0.1) is 0 Å². The number of benzene rings is 2. The third-order valence-electron chi connectivity index (χ3n) is 3.34. The van der Waals surface area contributed by atoms with E-state index >= 15 is 0 Å². The summed E-state index contributed by atoms with van der Waals surface area (Å²) in [6.07, 6.45) is 1.66. The van der Waals surface area contributed by atoms with Crippen LogP contribution in [-0.2, 0) is 0 Å². The molecule has 0 unspecified atom stereocenters. The van der Waals surface area contributed by atoms with Gasteiger partial charge in [-0.3, -0.25) is 0 Å². The number of hydrogen-bond acceptors (Lipinski definition) is 4. The molecule has 4 nitrogen and oxygen atoms in total. The highest BCUT2D eigenvalue weighted by atomic mass is 16.5. The molecule has 0 saturated heterocycles. The zero-order chi connectivity index (χ0) is 16.1. The number of methoxy groups -OCH3 is 1. The molecule has 0 atom stereocenters. The molecule has 0 spiro atoms. The molecule has 112 valence electrons. The van der Waals surface area contributed by atoms with E-state index in [1.54, 1.807) is 19.4 Å². The minimum atomic E-state index is 0.308. The van der Waals surface area contributed by atoms with Gasteiger partial charge in [-0.2, -0.15) is 5.26 Å². The maximum absolute atomic E-state index is 9.24. The number of nitriles is 1. The fourth-order valence-corrected chi connectivity index (χ4v) is 2.13. The number of hydrogen-bond donors (Lipinski definition) is 0. The Bertz CT molecular complexity index is 857. The summed E-state index contributed by atoms with van der Waals surface area (Å²) >= 11 is 0. The zero-order valence-electron chi connectivity index (χ0n) is 12.6. The van der Waals surface area contributed by atoms with Crippen LogP contribution in [0.2, 0.25) is 0 Å². The van der Waals surface area contributed by atoms with Gasteiger partial charge in [0.2, 0.25) is 5.88 Å². The highest BCUT2D eigenvalue weighted by Crippen LogP contribution is 2.30. The van der Waals surface area contributed by atoms with Gasteiger partial charge in [-0.05, 0) is 29.8 Å². The average molecular weight is 302 g/mol. The quantitative estimate of drug-likeness (QED) is 0.663. The first kappa shape index (κ1) is 14.6. The summed E-state index contributed by atoms with van der Waals surface area (Å²) in [4.78, 5) is 4.29. The lowest BCUT2D eigenvalue weighted by Gasteiger charge is -1.98. The van der Waals surface area contributed by atoms with Crippen molar-refractivity contribution in [3.8, 4) is 23.1 Å². The van der Waals surface area contributed by atoms with E-state index in [9.17, 15) is 5.26 Å². The number of ether oxygens (including phenoxy) is 1. The Morgan fingerprint density at radius 1 is 1.09 bits per heavy atom. The van der Waals surface area contributed by atoms with E-state index in [2.05, 4.69) is 11.1 Å². The topological polar surface area (TPSA) is 58.5 Å². The van der Waals surface area contributed by atoms with E-state index in [0.717, 1.165) is 16.9 Å². The van der Waals surface area contributed by atoms with Crippen LogP contribution < -0.4 is 4.74 Å². The molecule has 0 aliphatic rings. The molecule has 0 aliphatic carbocycles. The summed E-state index contributed by atoms with van der Waals surface area (Å²) < 4.78 is 10.8. The molecule has 4 heteroatoms. The smallest absolute Gasteiger partial charge is 0.237 e. The Morgan fingerprint density at radius 3 is 2.48 bits per heavy atom. The molecule has 0 saturated carbocycles. The first-order valence-corrected chi connectivity index (χ1v) is 7.07. The monoisotopic (exact) mass is 302 g/mol. The number of rotatable bonds is 4. The molecular formula is C19H14N2O2. The molecule has 0 bridgehead atoms. The van der Waals surface area contributed by atoms with Crippen LogP contribution in [-0.4, -0.2) is 13.3 Å². The molecule has 3 rings (SSSR count). The molecule has 1 aromatic heterocycles. The maximum atomic E-state index is 9.24. The second kappa shape index (κ2) is 6.63. The van der Waals surface area contributed by atoms with E-state index < -0.39 is 0 Å². The molecule has 23 heavy (non-hydrogen) atoms. The SMILES string of the molecule is COc1ccc(/C=N/c2oc(-c3ccccc3)cc2C#N)cc1. The summed E-state index contributed by atoms with van der Waals surface area (Å²) in [5.74, 6) is 1.72. The van der Waals surface area contributed by atoms with Crippen LogP contribution in [0, 0.1) is 11.3 Å². The van der Waals surface area contributed by atoms with E-state index in [4.69, 9.17) is 9.15 Å². The predicted octanol–water partition coefficient (Wildman–Crippen LogP) is 4.58. The standard InChI is InChI=1S/C19H14N2O2/c1-22-17-9-7-14(8-10-17)13-21-19-16(12-20)11-18(23-19)15-5-3-2-4-6-15/h2-11,13H,1H3/b21-13+.